The number of hydrogen-bond acceptors (Lipinski definition) is 0. The van der Waals surface area contributed by atoms with Gasteiger partial charge in [0.15, 0.2) is 0 Å². The van der Waals surface area contributed by atoms with E-state index in [1.165, 1.54) is 107 Å². The van der Waals surface area contributed by atoms with Gasteiger partial charge in [0, 0.05) is 0 Å². The first kappa shape index (κ1) is 21.7. The Bertz CT molecular complexity index is 179. The van der Waals surface area contributed by atoms with Crippen molar-refractivity contribution >= 4 is 22.6 Å². The second kappa shape index (κ2) is 18.8. The third-order valence-corrected chi connectivity index (χ3v) is 5.28. The van der Waals surface area contributed by atoms with E-state index >= 15 is 0 Å². The van der Waals surface area contributed by atoms with Crippen molar-refractivity contribution < 1.29 is 0 Å². The Morgan fingerprint density at radius 3 is 1.33 bits per heavy atom. The second-order valence-electron chi connectivity index (χ2n) is 6.97. The number of halogens is 1. The lowest BCUT2D eigenvalue weighted by molar-refractivity contribution is 0.472. The predicted octanol–water partition coefficient (Wildman–Crippen LogP) is 8.32. The van der Waals surface area contributed by atoms with E-state index in [1.54, 1.807) is 0 Å². The molecule has 0 saturated heterocycles. The van der Waals surface area contributed by atoms with Crippen LogP contribution in [0.2, 0.25) is 0 Å². The van der Waals surface area contributed by atoms with Crippen LogP contribution in [0.4, 0.5) is 0 Å². The summed E-state index contributed by atoms with van der Waals surface area (Å²) in [6.45, 7) is 4.71. The van der Waals surface area contributed by atoms with Gasteiger partial charge in [-0.25, -0.2) is 0 Å². The van der Waals surface area contributed by atoms with Gasteiger partial charge in [0.05, 0.1) is 0 Å². The van der Waals surface area contributed by atoms with Crippen LogP contribution in [0.5, 0.6) is 0 Å². The van der Waals surface area contributed by atoms with Gasteiger partial charge < -0.3 is 0 Å². The van der Waals surface area contributed by atoms with Crippen LogP contribution in [-0.4, -0.2) is 4.43 Å². The molecule has 0 aliphatic heterocycles. The summed E-state index contributed by atoms with van der Waals surface area (Å²) in [4.78, 5) is 0. The number of hydrogen-bond donors (Lipinski definition) is 0. The molecule has 0 rings (SSSR count). The van der Waals surface area contributed by atoms with Gasteiger partial charge in [0.1, 0.15) is 0 Å². The third-order valence-electron chi connectivity index (χ3n) is 4.65. The Hall–Kier alpha value is 0.730. The molecule has 0 fully saturated rings. The van der Waals surface area contributed by atoms with E-state index in [1.807, 2.05) is 0 Å². The molecule has 21 heavy (non-hydrogen) atoms. The molecular formula is C20H41I. The molecule has 1 atom stereocenters. The second-order valence-corrected chi connectivity index (χ2v) is 8.05. The van der Waals surface area contributed by atoms with Crippen molar-refractivity contribution in [2.75, 3.05) is 4.43 Å². The lowest BCUT2D eigenvalue weighted by Gasteiger charge is -2.08. The molecule has 0 nitrogen and oxygen atoms in total. The van der Waals surface area contributed by atoms with Crippen LogP contribution < -0.4 is 0 Å². The largest absolute Gasteiger partial charge is 0.0864 e. The summed E-state index contributed by atoms with van der Waals surface area (Å²) in [5, 5.41) is 0. The van der Waals surface area contributed by atoms with Crippen molar-refractivity contribution in [3.05, 3.63) is 0 Å². The monoisotopic (exact) mass is 408 g/mol. The molecule has 0 aromatic rings. The lowest BCUT2D eigenvalue weighted by Crippen LogP contribution is -1.95. The molecule has 0 aromatic carbocycles. The molecule has 0 N–H and O–H groups in total. The van der Waals surface area contributed by atoms with E-state index in [-0.39, 0.29) is 0 Å². The van der Waals surface area contributed by atoms with Gasteiger partial charge in [-0.3, -0.25) is 0 Å². The predicted molar refractivity (Wildman–Crippen MR) is 108 cm³/mol. The van der Waals surface area contributed by atoms with E-state index in [9.17, 15) is 0 Å². The Balaban J connectivity index is 2.99. The minimum Gasteiger partial charge on any atom is -0.0864 e. The minimum absolute atomic E-state index is 0.958. The maximum Gasteiger partial charge on any atom is -0.000219 e. The van der Waals surface area contributed by atoms with Crippen LogP contribution in [0.25, 0.3) is 0 Å². The van der Waals surface area contributed by atoms with Crippen molar-refractivity contribution in [1.82, 2.24) is 0 Å². The highest BCUT2D eigenvalue weighted by atomic mass is 127. The summed E-state index contributed by atoms with van der Waals surface area (Å²) in [5.41, 5.74) is 0. The van der Waals surface area contributed by atoms with Crippen LogP contribution in [0.1, 0.15) is 117 Å². The van der Waals surface area contributed by atoms with Crippen molar-refractivity contribution in [2.24, 2.45) is 5.92 Å². The Labute approximate surface area is 149 Å². The van der Waals surface area contributed by atoms with Gasteiger partial charge in [-0.05, 0) is 16.8 Å². The summed E-state index contributed by atoms with van der Waals surface area (Å²) < 4.78 is 1.33. The van der Waals surface area contributed by atoms with Gasteiger partial charge in [-0.15, -0.1) is 0 Å². The zero-order valence-electron chi connectivity index (χ0n) is 15.0. The molecular weight excluding hydrogens is 367 g/mol. The molecule has 0 aliphatic carbocycles. The minimum atomic E-state index is 0.958. The average Bonchev–Trinajstić information content (AvgIpc) is 2.48. The van der Waals surface area contributed by atoms with E-state index in [2.05, 4.69) is 36.4 Å². The number of rotatable bonds is 17. The smallest absolute Gasteiger partial charge is 0.000219 e. The summed E-state index contributed by atoms with van der Waals surface area (Å²) >= 11 is 2.50. The van der Waals surface area contributed by atoms with Crippen LogP contribution in [0, 0.1) is 5.92 Å². The van der Waals surface area contributed by atoms with Gasteiger partial charge in [-0.1, -0.05) is 133 Å². The van der Waals surface area contributed by atoms with Crippen molar-refractivity contribution in [1.29, 1.82) is 0 Å². The van der Waals surface area contributed by atoms with Crippen LogP contribution >= 0.6 is 22.6 Å². The fourth-order valence-corrected chi connectivity index (χ4v) is 4.08. The zero-order chi connectivity index (χ0) is 15.6. The molecule has 0 aromatic heterocycles. The quantitative estimate of drug-likeness (QED) is 0.129. The highest BCUT2D eigenvalue weighted by molar-refractivity contribution is 14.1. The molecule has 0 amide bonds. The summed E-state index contributed by atoms with van der Waals surface area (Å²) in [6, 6.07) is 0. The van der Waals surface area contributed by atoms with Gasteiger partial charge in [-0.2, -0.15) is 0 Å². The number of alkyl halides is 1. The topological polar surface area (TPSA) is 0 Å². The molecule has 0 radical (unpaired) electrons. The summed E-state index contributed by atoms with van der Waals surface area (Å²) in [6.07, 6.45) is 23.4. The highest BCUT2D eigenvalue weighted by Crippen LogP contribution is 2.16. The molecule has 1 heteroatoms. The Kier molecular flexibility index (Phi) is 19.4. The molecule has 0 bridgehead atoms. The summed E-state index contributed by atoms with van der Waals surface area (Å²) in [5.74, 6) is 0.958. The number of unbranched alkanes of at least 4 members (excludes halogenated alkanes) is 13. The van der Waals surface area contributed by atoms with Crippen molar-refractivity contribution in [2.45, 2.75) is 117 Å². The first-order valence-electron chi connectivity index (χ1n) is 9.87. The molecule has 0 aliphatic rings. The van der Waals surface area contributed by atoms with Crippen molar-refractivity contribution in [3.63, 3.8) is 0 Å². The molecule has 0 spiro atoms. The van der Waals surface area contributed by atoms with Gasteiger partial charge in [0.25, 0.3) is 0 Å². The molecule has 0 saturated carbocycles. The standard InChI is InChI=1S/C20H41I/c1-3-4-5-6-7-8-9-10-11-12-13-14-15-16-17-20(2)18-19-21/h20H,3-19H2,1-2H3/t20-/m1/s1. The normalized spacial score (nSPS) is 12.7. The Morgan fingerprint density at radius 1 is 0.571 bits per heavy atom. The fraction of sp³-hybridized carbons (Fsp3) is 1.00. The van der Waals surface area contributed by atoms with E-state index in [4.69, 9.17) is 0 Å². The molecule has 128 valence electrons. The van der Waals surface area contributed by atoms with E-state index < -0.39 is 0 Å². The van der Waals surface area contributed by atoms with Crippen LogP contribution in [-0.2, 0) is 0 Å². The maximum atomic E-state index is 2.50. The first-order chi connectivity index (χ1) is 10.3. The van der Waals surface area contributed by atoms with E-state index in [0.29, 0.717) is 0 Å². The maximum absolute atomic E-state index is 2.50. The molecule has 0 heterocycles. The van der Waals surface area contributed by atoms with Gasteiger partial charge in [0.2, 0.25) is 0 Å². The Morgan fingerprint density at radius 2 is 0.952 bits per heavy atom. The fourth-order valence-electron chi connectivity index (χ4n) is 3.02. The lowest BCUT2D eigenvalue weighted by atomic mass is 9.99. The SMILES string of the molecule is CCCCCCCCCCCCCCCC[C@@H](C)CCI. The van der Waals surface area contributed by atoms with E-state index in [0.717, 1.165) is 5.92 Å². The van der Waals surface area contributed by atoms with Gasteiger partial charge >= 0.3 is 0 Å². The highest BCUT2D eigenvalue weighted by Gasteiger charge is 2.00. The van der Waals surface area contributed by atoms with Crippen LogP contribution in [0.3, 0.4) is 0 Å². The average molecular weight is 408 g/mol. The third kappa shape index (κ3) is 18.7. The van der Waals surface area contributed by atoms with Crippen molar-refractivity contribution in [3.8, 4) is 0 Å². The summed E-state index contributed by atoms with van der Waals surface area (Å²) in [7, 11) is 0. The molecule has 0 unspecified atom stereocenters. The van der Waals surface area contributed by atoms with Crippen LogP contribution in [0.15, 0.2) is 0 Å². The zero-order valence-corrected chi connectivity index (χ0v) is 17.1. The first-order valence-corrected chi connectivity index (χ1v) is 11.4.